The summed E-state index contributed by atoms with van der Waals surface area (Å²) in [4.78, 5) is 11.5. The second-order valence-electron chi connectivity index (χ2n) is 4.26. The Kier molecular flexibility index (Phi) is 2.90. The molecule has 0 aromatic carbocycles. The lowest BCUT2D eigenvalue weighted by molar-refractivity contribution is -0.144. The van der Waals surface area contributed by atoms with Crippen molar-refractivity contribution in [2.24, 2.45) is 5.92 Å². The third kappa shape index (κ3) is 1.70. The first-order valence-electron chi connectivity index (χ1n) is 5.73. The molecule has 1 aliphatic heterocycles. The van der Waals surface area contributed by atoms with Crippen LogP contribution in [0.3, 0.4) is 0 Å². The highest BCUT2D eigenvalue weighted by Gasteiger charge is 2.39. The van der Waals surface area contributed by atoms with Crippen LogP contribution in [-0.2, 0) is 9.53 Å². The Morgan fingerprint density at radius 3 is 3.21 bits per heavy atom. The number of carbonyl (C=O) groups excluding carboxylic acids is 1. The van der Waals surface area contributed by atoms with Gasteiger partial charge in [-0.3, -0.25) is 4.79 Å². The minimum atomic E-state index is 0.0250. The lowest BCUT2D eigenvalue weighted by Gasteiger charge is -2.16. The molecule has 2 rings (SSSR count). The molecule has 1 saturated heterocycles. The quantitative estimate of drug-likeness (QED) is 0.510. The van der Waals surface area contributed by atoms with E-state index in [0.29, 0.717) is 0 Å². The average molecular weight is 194 g/mol. The van der Waals surface area contributed by atoms with Crippen LogP contribution >= 0.6 is 0 Å². The van der Waals surface area contributed by atoms with Gasteiger partial charge in [-0.05, 0) is 37.7 Å². The average Bonchev–Trinajstić information content (AvgIpc) is 2.54. The minimum Gasteiger partial charge on any atom is -0.457 e. The first kappa shape index (κ1) is 9.75. The zero-order valence-corrected chi connectivity index (χ0v) is 8.79. The molecule has 0 bridgehead atoms. The van der Waals surface area contributed by atoms with Crippen LogP contribution in [0.25, 0.3) is 0 Å². The van der Waals surface area contributed by atoms with Gasteiger partial charge in [-0.2, -0.15) is 0 Å². The number of hydrogen-bond acceptors (Lipinski definition) is 2. The fraction of sp³-hybridized carbons (Fsp3) is 0.750. The molecule has 2 aliphatic rings. The van der Waals surface area contributed by atoms with Crippen LogP contribution in [0.4, 0.5) is 0 Å². The third-order valence-electron chi connectivity index (χ3n) is 3.21. The zero-order chi connectivity index (χ0) is 9.97. The van der Waals surface area contributed by atoms with E-state index in [4.69, 9.17) is 4.74 Å². The van der Waals surface area contributed by atoms with E-state index in [2.05, 4.69) is 13.0 Å². The Labute approximate surface area is 85.3 Å². The summed E-state index contributed by atoms with van der Waals surface area (Å²) in [5.41, 5.74) is 1.29. The summed E-state index contributed by atoms with van der Waals surface area (Å²) in [5.74, 6) is 0.141. The molecule has 1 aliphatic carbocycles. The predicted molar refractivity (Wildman–Crippen MR) is 54.8 cm³/mol. The van der Waals surface area contributed by atoms with E-state index >= 15 is 0 Å². The van der Waals surface area contributed by atoms with E-state index in [-0.39, 0.29) is 18.0 Å². The van der Waals surface area contributed by atoms with Crippen LogP contribution in [-0.4, -0.2) is 12.1 Å². The highest BCUT2D eigenvalue weighted by atomic mass is 16.6. The number of esters is 1. The summed E-state index contributed by atoms with van der Waals surface area (Å²) in [6.07, 6.45) is 8.98. The van der Waals surface area contributed by atoms with E-state index in [1.54, 1.807) is 0 Å². The van der Waals surface area contributed by atoms with Crippen LogP contribution in [0.5, 0.6) is 0 Å². The fourth-order valence-corrected chi connectivity index (χ4v) is 2.41. The molecule has 0 aromatic rings. The van der Waals surface area contributed by atoms with Crippen molar-refractivity contribution < 1.29 is 9.53 Å². The number of cyclic esters (lactones) is 1. The summed E-state index contributed by atoms with van der Waals surface area (Å²) in [5, 5.41) is 0. The summed E-state index contributed by atoms with van der Waals surface area (Å²) in [6, 6.07) is 0. The summed E-state index contributed by atoms with van der Waals surface area (Å²) >= 11 is 0. The third-order valence-corrected chi connectivity index (χ3v) is 3.21. The minimum absolute atomic E-state index is 0.0250. The van der Waals surface area contributed by atoms with Gasteiger partial charge in [-0.15, -0.1) is 0 Å². The first-order valence-corrected chi connectivity index (χ1v) is 5.73. The zero-order valence-electron chi connectivity index (χ0n) is 8.79. The Hall–Kier alpha value is -0.790. The SMILES string of the molecule is CCCC[C@@H]1OC(=O)[C@@H]2CCCC=C21. The van der Waals surface area contributed by atoms with Gasteiger partial charge in [0.15, 0.2) is 0 Å². The predicted octanol–water partition coefficient (Wildman–Crippen LogP) is 2.83. The van der Waals surface area contributed by atoms with Gasteiger partial charge in [0.25, 0.3) is 0 Å². The molecular formula is C12H18O2. The molecule has 0 N–H and O–H groups in total. The number of fused-ring (bicyclic) bond motifs is 1. The molecular weight excluding hydrogens is 176 g/mol. The van der Waals surface area contributed by atoms with Crippen molar-refractivity contribution in [3.63, 3.8) is 0 Å². The van der Waals surface area contributed by atoms with E-state index in [1.165, 1.54) is 12.0 Å². The van der Waals surface area contributed by atoms with E-state index in [1.807, 2.05) is 0 Å². The molecule has 78 valence electrons. The molecule has 0 radical (unpaired) electrons. The Bertz CT molecular complexity index is 255. The molecule has 0 saturated carbocycles. The van der Waals surface area contributed by atoms with E-state index in [0.717, 1.165) is 32.1 Å². The molecule has 1 heterocycles. The van der Waals surface area contributed by atoms with Gasteiger partial charge in [-0.1, -0.05) is 19.4 Å². The number of hydrogen-bond donors (Lipinski definition) is 0. The van der Waals surface area contributed by atoms with Crippen molar-refractivity contribution in [3.05, 3.63) is 11.6 Å². The molecule has 0 amide bonds. The van der Waals surface area contributed by atoms with Crippen molar-refractivity contribution in [1.82, 2.24) is 0 Å². The topological polar surface area (TPSA) is 26.3 Å². The summed E-state index contributed by atoms with van der Waals surface area (Å²) in [7, 11) is 0. The van der Waals surface area contributed by atoms with Crippen LogP contribution in [0.1, 0.15) is 45.4 Å². The Morgan fingerprint density at radius 1 is 1.57 bits per heavy atom. The molecule has 1 fully saturated rings. The van der Waals surface area contributed by atoms with Gasteiger partial charge in [-0.25, -0.2) is 0 Å². The number of rotatable bonds is 3. The molecule has 2 nitrogen and oxygen atoms in total. The van der Waals surface area contributed by atoms with Gasteiger partial charge in [0.1, 0.15) is 6.10 Å². The van der Waals surface area contributed by atoms with E-state index < -0.39 is 0 Å². The molecule has 0 unspecified atom stereocenters. The Morgan fingerprint density at radius 2 is 2.43 bits per heavy atom. The highest BCUT2D eigenvalue weighted by Crippen LogP contribution is 2.37. The number of carbonyl (C=O) groups is 1. The second-order valence-corrected chi connectivity index (χ2v) is 4.26. The second kappa shape index (κ2) is 4.16. The van der Waals surface area contributed by atoms with Gasteiger partial charge >= 0.3 is 5.97 Å². The molecule has 0 spiro atoms. The lowest BCUT2D eigenvalue weighted by Crippen LogP contribution is -2.13. The monoisotopic (exact) mass is 194 g/mol. The van der Waals surface area contributed by atoms with Crippen LogP contribution in [0.2, 0.25) is 0 Å². The lowest BCUT2D eigenvalue weighted by atomic mass is 9.86. The number of unbranched alkanes of at least 4 members (excludes halogenated alkanes) is 1. The molecule has 14 heavy (non-hydrogen) atoms. The standard InChI is InChI=1S/C12H18O2/c1-2-3-8-11-9-6-4-5-7-10(9)12(13)14-11/h6,10-11H,2-5,7-8H2,1H3/t10-,11+/m1/s1. The van der Waals surface area contributed by atoms with Crippen molar-refractivity contribution in [2.75, 3.05) is 0 Å². The molecule has 0 aromatic heterocycles. The fourth-order valence-electron chi connectivity index (χ4n) is 2.41. The maximum absolute atomic E-state index is 11.5. The van der Waals surface area contributed by atoms with Crippen LogP contribution in [0, 0.1) is 5.92 Å². The maximum Gasteiger partial charge on any atom is 0.313 e. The summed E-state index contributed by atoms with van der Waals surface area (Å²) in [6.45, 7) is 2.17. The van der Waals surface area contributed by atoms with Crippen LogP contribution in [0.15, 0.2) is 11.6 Å². The van der Waals surface area contributed by atoms with Gasteiger partial charge in [0.05, 0.1) is 5.92 Å². The Balaban J connectivity index is 2.05. The normalized spacial score (nSPS) is 30.9. The first-order chi connectivity index (χ1) is 6.83. The van der Waals surface area contributed by atoms with Crippen molar-refractivity contribution in [1.29, 1.82) is 0 Å². The smallest absolute Gasteiger partial charge is 0.313 e. The van der Waals surface area contributed by atoms with Crippen molar-refractivity contribution in [2.45, 2.75) is 51.6 Å². The largest absolute Gasteiger partial charge is 0.457 e. The van der Waals surface area contributed by atoms with Crippen molar-refractivity contribution in [3.8, 4) is 0 Å². The molecule has 2 heteroatoms. The summed E-state index contributed by atoms with van der Waals surface area (Å²) < 4.78 is 5.40. The van der Waals surface area contributed by atoms with Crippen LogP contribution < -0.4 is 0 Å². The maximum atomic E-state index is 11.5. The van der Waals surface area contributed by atoms with Gasteiger partial charge in [0, 0.05) is 0 Å². The van der Waals surface area contributed by atoms with Gasteiger partial charge in [0.2, 0.25) is 0 Å². The van der Waals surface area contributed by atoms with Crippen molar-refractivity contribution >= 4 is 5.97 Å². The highest BCUT2D eigenvalue weighted by molar-refractivity contribution is 5.80. The van der Waals surface area contributed by atoms with E-state index in [9.17, 15) is 4.79 Å². The number of ether oxygens (including phenoxy) is 1. The molecule has 2 atom stereocenters. The number of allylic oxidation sites excluding steroid dienone is 1. The van der Waals surface area contributed by atoms with Gasteiger partial charge < -0.3 is 4.74 Å².